The minimum absolute atomic E-state index is 0.149. The zero-order valence-electron chi connectivity index (χ0n) is 14.1. The maximum atomic E-state index is 11.5. The highest BCUT2D eigenvalue weighted by Gasteiger charge is 2.15. The normalized spacial score (nSPS) is 11.0. The third-order valence-corrected chi connectivity index (χ3v) is 2.78. The van der Waals surface area contributed by atoms with Crippen molar-refractivity contribution in [2.45, 2.75) is 26.4 Å². The first kappa shape index (κ1) is 18.8. The summed E-state index contributed by atoms with van der Waals surface area (Å²) < 4.78 is 9.81. The first-order chi connectivity index (χ1) is 10.7. The molecule has 1 rings (SSSR count). The van der Waals surface area contributed by atoms with Gasteiger partial charge >= 0.3 is 11.9 Å². The highest BCUT2D eigenvalue weighted by molar-refractivity contribution is 5.91. The Kier molecular flexibility index (Phi) is 6.84. The van der Waals surface area contributed by atoms with Gasteiger partial charge < -0.3 is 25.8 Å². The van der Waals surface area contributed by atoms with E-state index in [0.717, 1.165) is 5.69 Å². The van der Waals surface area contributed by atoms with E-state index in [1.54, 1.807) is 18.2 Å². The molecule has 0 atom stereocenters. The molecule has 0 saturated carbocycles. The van der Waals surface area contributed by atoms with Crippen molar-refractivity contribution < 1.29 is 19.1 Å². The van der Waals surface area contributed by atoms with E-state index in [2.05, 4.69) is 15.4 Å². The molecule has 0 aliphatic heterocycles. The van der Waals surface area contributed by atoms with Crippen LogP contribution in [-0.4, -0.2) is 44.3 Å². The van der Waals surface area contributed by atoms with Crippen molar-refractivity contribution in [2.24, 2.45) is 0 Å². The molecule has 0 radical (unpaired) electrons. The van der Waals surface area contributed by atoms with E-state index >= 15 is 0 Å². The van der Waals surface area contributed by atoms with E-state index in [-0.39, 0.29) is 12.5 Å². The van der Waals surface area contributed by atoms with E-state index in [4.69, 9.17) is 10.5 Å². The molecule has 0 aromatic heterocycles. The first-order valence-corrected chi connectivity index (χ1v) is 7.37. The Morgan fingerprint density at radius 3 is 2.48 bits per heavy atom. The van der Waals surface area contributed by atoms with Gasteiger partial charge in [0.05, 0.1) is 30.6 Å². The number of carbonyl (C=O) groups is 2. The van der Waals surface area contributed by atoms with E-state index in [0.29, 0.717) is 24.3 Å². The number of nitrogens with two attached hydrogens (primary N) is 1. The summed E-state index contributed by atoms with van der Waals surface area (Å²) in [6.07, 6.45) is 0. The van der Waals surface area contributed by atoms with Crippen molar-refractivity contribution >= 4 is 23.3 Å². The Morgan fingerprint density at radius 1 is 1.22 bits per heavy atom. The molecule has 0 heterocycles. The molecule has 7 heteroatoms. The SMILES string of the molecule is COC(=O)c1ccc(NCCNCC(=O)OC(C)(C)C)c(N)c1. The summed E-state index contributed by atoms with van der Waals surface area (Å²) in [5.41, 5.74) is 6.98. The fourth-order valence-corrected chi connectivity index (χ4v) is 1.82. The zero-order chi connectivity index (χ0) is 17.5. The monoisotopic (exact) mass is 323 g/mol. The molecule has 7 nitrogen and oxygen atoms in total. The van der Waals surface area contributed by atoms with Gasteiger partial charge in [0.2, 0.25) is 0 Å². The number of nitrogen functional groups attached to an aromatic ring is 1. The molecule has 1 aromatic rings. The number of anilines is 2. The Bertz CT molecular complexity index is 553. The average molecular weight is 323 g/mol. The Labute approximate surface area is 136 Å². The summed E-state index contributed by atoms with van der Waals surface area (Å²) >= 11 is 0. The molecule has 23 heavy (non-hydrogen) atoms. The smallest absolute Gasteiger partial charge is 0.337 e. The molecule has 0 amide bonds. The lowest BCUT2D eigenvalue weighted by molar-refractivity contribution is -0.153. The number of ether oxygens (including phenoxy) is 2. The van der Waals surface area contributed by atoms with Crippen LogP contribution in [0.4, 0.5) is 11.4 Å². The summed E-state index contributed by atoms with van der Waals surface area (Å²) in [5.74, 6) is -0.721. The highest BCUT2D eigenvalue weighted by Crippen LogP contribution is 2.19. The van der Waals surface area contributed by atoms with Gasteiger partial charge in [0.25, 0.3) is 0 Å². The van der Waals surface area contributed by atoms with Crippen LogP contribution in [0.2, 0.25) is 0 Å². The zero-order valence-corrected chi connectivity index (χ0v) is 14.1. The number of carbonyl (C=O) groups excluding carboxylic acids is 2. The van der Waals surface area contributed by atoms with Crippen molar-refractivity contribution in [3.63, 3.8) is 0 Å². The number of esters is 2. The standard InChI is InChI=1S/C16H25N3O4/c1-16(2,3)23-14(20)10-18-7-8-19-13-6-5-11(9-12(13)17)15(21)22-4/h5-6,9,18-19H,7-8,10,17H2,1-4H3. The topological polar surface area (TPSA) is 103 Å². The third kappa shape index (κ3) is 7.01. The van der Waals surface area contributed by atoms with Crippen LogP contribution in [0.1, 0.15) is 31.1 Å². The maximum Gasteiger partial charge on any atom is 0.337 e. The van der Waals surface area contributed by atoms with Crippen LogP contribution in [0.5, 0.6) is 0 Å². The van der Waals surface area contributed by atoms with Crippen LogP contribution < -0.4 is 16.4 Å². The van der Waals surface area contributed by atoms with Crippen molar-refractivity contribution in [3.8, 4) is 0 Å². The third-order valence-electron chi connectivity index (χ3n) is 2.78. The molecule has 0 aliphatic carbocycles. The van der Waals surface area contributed by atoms with Gasteiger partial charge in [-0.05, 0) is 39.0 Å². The Balaban J connectivity index is 2.34. The summed E-state index contributed by atoms with van der Waals surface area (Å²) in [6.45, 7) is 6.77. The van der Waals surface area contributed by atoms with Crippen LogP contribution in [0.15, 0.2) is 18.2 Å². The van der Waals surface area contributed by atoms with Crippen molar-refractivity contribution in [3.05, 3.63) is 23.8 Å². The molecule has 0 saturated heterocycles. The summed E-state index contributed by atoms with van der Waals surface area (Å²) in [6, 6.07) is 4.91. The molecule has 128 valence electrons. The molecule has 0 fully saturated rings. The van der Waals surface area contributed by atoms with Gasteiger partial charge in [-0.3, -0.25) is 4.79 Å². The van der Waals surface area contributed by atoms with E-state index in [1.165, 1.54) is 7.11 Å². The fraction of sp³-hybridized carbons (Fsp3) is 0.500. The Hall–Kier alpha value is -2.28. The molecule has 1 aromatic carbocycles. The van der Waals surface area contributed by atoms with Gasteiger partial charge in [0.1, 0.15) is 5.60 Å². The molecule has 0 aliphatic rings. The molecule has 4 N–H and O–H groups in total. The lowest BCUT2D eigenvalue weighted by atomic mass is 10.1. The van der Waals surface area contributed by atoms with Crippen molar-refractivity contribution in [1.82, 2.24) is 5.32 Å². The number of methoxy groups -OCH3 is 1. The van der Waals surface area contributed by atoms with Gasteiger partial charge in [-0.2, -0.15) is 0 Å². The second-order valence-electron chi connectivity index (χ2n) is 5.98. The van der Waals surface area contributed by atoms with Crippen LogP contribution in [0.3, 0.4) is 0 Å². The van der Waals surface area contributed by atoms with E-state index in [9.17, 15) is 9.59 Å². The van der Waals surface area contributed by atoms with Gasteiger partial charge in [-0.15, -0.1) is 0 Å². The lowest BCUT2D eigenvalue weighted by Crippen LogP contribution is -2.33. The van der Waals surface area contributed by atoms with Crippen LogP contribution in [-0.2, 0) is 14.3 Å². The van der Waals surface area contributed by atoms with Crippen molar-refractivity contribution in [2.75, 3.05) is 37.8 Å². The number of hydrogen-bond donors (Lipinski definition) is 3. The molecule has 0 unspecified atom stereocenters. The minimum atomic E-state index is -0.479. The predicted molar refractivity (Wildman–Crippen MR) is 89.4 cm³/mol. The molecular formula is C16H25N3O4. The van der Waals surface area contributed by atoms with E-state index < -0.39 is 11.6 Å². The van der Waals surface area contributed by atoms with Gasteiger partial charge in [-0.25, -0.2) is 4.79 Å². The number of hydrogen-bond acceptors (Lipinski definition) is 7. The number of benzene rings is 1. The molecule has 0 spiro atoms. The minimum Gasteiger partial charge on any atom is -0.465 e. The molecular weight excluding hydrogens is 298 g/mol. The van der Waals surface area contributed by atoms with Crippen LogP contribution in [0, 0.1) is 0 Å². The van der Waals surface area contributed by atoms with Crippen LogP contribution >= 0.6 is 0 Å². The highest BCUT2D eigenvalue weighted by atomic mass is 16.6. The van der Waals surface area contributed by atoms with Gasteiger partial charge in [-0.1, -0.05) is 0 Å². The largest absolute Gasteiger partial charge is 0.465 e. The molecule has 0 bridgehead atoms. The van der Waals surface area contributed by atoms with Crippen LogP contribution in [0.25, 0.3) is 0 Å². The fourth-order valence-electron chi connectivity index (χ4n) is 1.82. The summed E-state index contributed by atoms with van der Waals surface area (Å²) in [5, 5.41) is 6.11. The lowest BCUT2D eigenvalue weighted by Gasteiger charge is -2.19. The Morgan fingerprint density at radius 2 is 1.91 bits per heavy atom. The summed E-state index contributed by atoms with van der Waals surface area (Å²) in [7, 11) is 1.32. The summed E-state index contributed by atoms with van der Waals surface area (Å²) in [4.78, 5) is 22.9. The first-order valence-electron chi connectivity index (χ1n) is 7.37. The number of nitrogens with one attached hydrogen (secondary N) is 2. The number of rotatable bonds is 7. The second kappa shape index (κ2) is 8.38. The average Bonchev–Trinajstić information content (AvgIpc) is 2.45. The van der Waals surface area contributed by atoms with Gasteiger partial charge in [0.15, 0.2) is 0 Å². The van der Waals surface area contributed by atoms with E-state index in [1.807, 2.05) is 20.8 Å². The maximum absolute atomic E-state index is 11.5. The van der Waals surface area contributed by atoms with Crippen molar-refractivity contribution in [1.29, 1.82) is 0 Å². The second-order valence-corrected chi connectivity index (χ2v) is 5.98. The van der Waals surface area contributed by atoms with Gasteiger partial charge in [0, 0.05) is 13.1 Å². The quantitative estimate of drug-likeness (QED) is 0.396. The predicted octanol–water partition coefficient (Wildman–Crippen LogP) is 1.40.